The molecule has 0 radical (unpaired) electrons. The molecular formula is C17H20ClN3O. The molecule has 0 heterocycles. The van der Waals surface area contributed by atoms with Crippen molar-refractivity contribution in [3.8, 4) is 5.75 Å². The quantitative estimate of drug-likeness (QED) is 0.427. The number of phenols is 1. The number of aryl methyl sites for hydroxylation is 1. The summed E-state index contributed by atoms with van der Waals surface area (Å²) in [6.45, 7) is 8.11. The van der Waals surface area contributed by atoms with Gasteiger partial charge in [-0.05, 0) is 42.2 Å². The number of allylic oxidation sites excluding steroid dienone is 4. The lowest BCUT2D eigenvalue weighted by molar-refractivity contribution is 0.448. The van der Waals surface area contributed by atoms with E-state index >= 15 is 0 Å². The van der Waals surface area contributed by atoms with Crippen molar-refractivity contribution >= 4 is 28.7 Å². The lowest BCUT2D eigenvalue weighted by Crippen LogP contribution is -2.14. The fraction of sp³-hybridized carbons (Fsp3) is 0.294. The number of rotatable bonds is 2. The summed E-state index contributed by atoms with van der Waals surface area (Å²) in [6, 6.07) is 3.80. The molecule has 0 amide bonds. The Hall–Kier alpha value is -2.07. The van der Waals surface area contributed by atoms with E-state index in [1.165, 1.54) is 6.08 Å². The number of phenolic OH excluding ortho intramolecular Hbond substituents is 1. The summed E-state index contributed by atoms with van der Waals surface area (Å²) in [6.07, 6.45) is 4.87. The van der Waals surface area contributed by atoms with Gasteiger partial charge in [-0.15, -0.1) is 0 Å². The number of hydrogen-bond donors (Lipinski definition) is 3. The second-order valence-electron chi connectivity index (χ2n) is 6.34. The fourth-order valence-electron chi connectivity index (χ4n) is 2.16. The molecule has 2 rings (SSSR count). The lowest BCUT2D eigenvalue weighted by atomic mass is 9.85. The van der Waals surface area contributed by atoms with Crippen molar-refractivity contribution in [3.05, 3.63) is 46.5 Å². The number of halogens is 1. The van der Waals surface area contributed by atoms with Crippen molar-refractivity contribution in [1.29, 1.82) is 5.41 Å². The van der Waals surface area contributed by atoms with Gasteiger partial charge in [0.2, 0.25) is 0 Å². The van der Waals surface area contributed by atoms with Gasteiger partial charge in [0.1, 0.15) is 11.5 Å². The van der Waals surface area contributed by atoms with Crippen LogP contribution in [0.5, 0.6) is 5.75 Å². The normalized spacial score (nSPS) is 16.9. The van der Waals surface area contributed by atoms with E-state index in [2.05, 4.69) is 10.5 Å². The number of hydrazone groups is 1. The maximum Gasteiger partial charge on any atom is 0.144 e. The molecule has 1 aliphatic carbocycles. The Balaban J connectivity index is 2.34. The van der Waals surface area contributed by atoms with E-state index < -0.39 is 0 Å². The van der Waals surface area contributed by atoms with Crippen molar-refractivity contribution in [3.63, 3.8) is 0 Å². The Morgan fingerprint density at radius 1 is 1.23 bits per heavy atom. The van der Waals surface area contributed by atoms with E-state index in [-0.39, 0.29) is 16.9 Å². The number of nitrogens with one attached hydrogen (secondary N) is 2. The molecule has 0 fully saturated rings. The highest BCUT2D eigenvalue weighted by Crippen LogP contribution is 2.37. The maximum absolute atomic E-state index is 10.4. The number of anilines is 1. The maximum atomic E-state index is 10.4. The Morgan fingerprint density at radius 2 is 1.91 bits per heavy atom. The van der Waals surface area contributed by atoms with Crippen LogP contribution in [0.1, 0.15) is 31.9 Å². The standard InChI is InChI=1S/C17H20ClN3O/c1-10-7-12(17(2,3)4)16(22)15(8-10)21-20-14-6-5-11(18)9-13(14)19/h5-9,19,21-22H,1-4H3/b19-13?,20-14-. The zero-order chi connectivity index (χ0) is 16.5. The molecule has 3 N–H and O–H groups in total. The molecule has 0 aromatic heterocycles. The molecule has 5 heteroatoms. The van der Waals surface area contributed by atoms with Gasteiger partial charge in [0.25, 0.3) is 0 Å². The fourth-order valence-corrected chi connectivity index (χ4v) is 2.33. The average molecular weight is 318 g/mol. The van der Waals surface area contributed by atoms with Crippen LogP contribution >= 0.6 is 11.6 Å². The van der Waals surface area contributed by atoms with Gasteiger partial charge in [-0.25, -0.2) is 0 Å². The van der Waals surface area contributed by atoms with Crippen molar-refractivity contribution in [1.82, 2.24) is 0 Å². The van der Waals surface area contributed by atoms with Crippen LogP contribution in [0.25, 0.3) is 0 Å². The zero-order valence-electron chi connectivity index (χ0n) is 13.2. The molecule has 0 saturated carbocycles. The number of aromatic hydroxyl groups is 1. The molecule has 1 aromatic carbocycles. The topological polar surface area (TPSA) is 68.5 Å². The minimum Gasteiger partial charge on any atom is -0.505 e. The Morgan fingerprint density at radius 3 is 2.50 bits per heavy atom. The van der Waals surface area contributed by atoms with Gasteiger partial charge < -0.3 is 5.11 Å². The summed E-state index contributed by atoms with van der Waals surface area (Å²) in [5, 5.41) is 23.0. The zero-order valence-corrected chi connectivity index (χ0v) is 13.9. The van der Waals surface area contributed by atoms with Gasteiger partial charge in [0.15, 0.2) is 0 Å². The summed E-state index contributed by atoms with van der Waals surface area (Å²) < 4.78 is 0. The van der Waals surface area contributed by atoms with Gasteiger partial charge in [-0.3, -0.25) is 10.8 Å². The average Bonchev–Trinajstić information content (AvgIpc) is 2.39. The summed E-state index contributed by atoms with van der Waals surface area (Å²) >= 11 is 5.83. The van der Waals surface area contributed by atoms with Gasteiger partial charge in [-0.1, -0.05) is 38.4 Å². The largest absolute Gasteiger partial charge is 0.505 e. The van der Waals surface area contributed by atoms with Crippen molar-refractivity contribution in [2.24, 2.45) is 5.10 Å². The molecule has 1 aromatic rings. The molecule has 0 atom stereocenters. The number of hydrogen-bond acceptors (Lipinski definition) is 4. The van der Waals surface area contributed by atoms with Gasteiger partial charge in [-0.2, -0.15) is 5.10 Å². The number of nitrogens with zero attached hydrogens (tertiary/aromatic N) is 1. The van der Waals surface area contributed by atoms with E-state index in [4.69, 9.17) is 17.0 Å². The molecule has 22 heavy (non-hydrogen) atoms. The first kappa shape index (κ1) is 16.3. The third-order valence-corrected chi connectivity index (χ3v) is 3.55. The number of benzene rings is 1. The first-order chi connectivity index (χ1) is 10.2. The Bertz CT molecular complexity index is 709. The molecule has 0 bridgehead atoms. The molecule has 4 nitrogen and oxygen atoms in total. The summed E-state index contributed by atoms with van der Waals surface area (Å²) in [5.74, 6) is 0.183. The van der Waals surface area contributed by atoms with E-state index in [0.29, 0.717) is 16.4 Å². The van der Waals surface area contributed by atoms with Gasteiger partial charge in [0.05, 0.1) is 11.4 Å². The highest BCUT2D eigenvalue weighted by atomic mass is 35.5. The first-order valence-corrected chi connectivity index (χ1v) is 7.38. The van der Waals surface area contributed by atoms with Crippen molar-refractivity contribution in [2.45, 2.75) is 33.1 Å². The predicted octanol–water partition coefficient (Wildman–Crippen LogP) is 4.48. The minimum atomic E-state index is -0.173. The second kappa shape index (κ2) is 5.97. The van der Waals surface area contributed by atoms with Crippen LogP contribution in [0.4, 0.5) is 5.69 Å². The van der Waals surface area contributed by atoms with Crippen molar-refractivity contribution < 1.29 is 5.11 Å². The van der Waals surface area contributed by atoms with E-state index in [0.717, 1.165) is 11.1 Å². The molecular weight excluding hydrogens is 298 g/mol. The first-order valence-electron chi connectivity index (χ1n) is 7.00. The van der Waals surface area contributed by atoms with Crippen LogP contribution in [-0.4, -0.2) is 16.5 Å². The van der Waals surface area contributed by atoms with E-state index in [1.54, 1.807) is 12.2 Å². The SMILES string of the molecule is Cc1cc(N/N=C2/C=CC(Cl)=CC2=N)c(O)c(C(C)(C)C)c1. The molecule has 0 spiro atoms. The van der Waals surface area contributed by atoms with Crippen LogP contribution in [0, 0.1) is 12.3 Å². The highest BCUT2D eigenvalue weighted by Gasteiger charge is 2.21. The summed E-state index contributed by atoms with van der Waals surface area (Å²) in [5.41, 5.74) is 5.78. The third-order valence-electron chi connectivity index (χ3n) is 3.32. The molecule has 0 saturated heterocycles. The summed E-state index contributed by atoms with van der Waals surface area (Å²) in [7, 11) is 0. The second-order valence-corrected chi connectivity index (χ2v) is 6.78. The summed E-state index contributed by atoms with van der Waals surface area (Å²) in [4.78, 5) is 0. The highest BCUT2D eigenvalue weighted by molar-refractivity contribution is 6.52. The lowest BCUT2D eigenvalue weighted by Gasteiger charge is -2.22. The van der Waals surface area contributed by atoms with E-state index in [1.807, 2.05) is 39.8 Å². The Kier molecular flexibility index (Phi) is 4.42. The monoisotopic (exact) mass is 317 g/mol. The van der Waals surface area contributed by atoms with E-state index in [9.17, 15) is 5.11 Å². The molecule has 0 unspecified atom stereocenters. The van der Waals surface area contributed by atoms with Crippen molar-refractivity contribution in [2.75, 3.05) is 5.43 Å². The minimum absolute atomic E-state index is 0.173. The smallest absolute Gasteiger partial charge is 0.144 e. The van der Waals surface area contributed by atoms with Crippen LogP contribution in [0.3, 0.4) is 0 Å². The molecule has 116 valence electrons. The molecule has 0 aliphatic heterocycles. The van der Waals surface area contributed by atoms with Gasteiger partial charge in [0, 0.05) is 10.6 Å². The van der Waals surface area contributed by atoms with Crippen LogP contribution in [0.2, 0.25) is 0 Å². The van der Waals surface area contributed by atoms with Crippen LogP contribution in [-0.2, 0) is 5.41 Å². The predicted molar refractivity (Wildman–Crippen MR) is 93.4 cm³/mol. The third kappa shape index (κ3) is 3.57. The van der Waals surface area contributed by atoms with Crippen LogP contribution < -0.4 is 5.43 Å². The van der Waals surface area contributed by atoms with Crippen LogP contribution in [0.15, 0.2) is 40.5 Å². The Labute approximate surface area is 135 Å². The van der Waals surface area contributed by atoms with Gasteiger partial charge >= 0.3 is 0 Å². The molecule has 1 aliphatic rings.